The monoisotopic (exact) mass is 268 g/mol. The molecule has 0 aliphatic rings. The van der Waals surface area contributed by atoms with Gasteiger partial charge in [0.2, 0.25) is 11.9 Å². The molecule has 0 fully saturated rings. The maximum Gasteiger partial charge on any atom is 0.323 e. The Labute approximate surface area is 114 Å². The van der Waals surface area contributed by atoms with E-state index in [4.69, 9.17) is 4.74 Å². The van der Waals surface area contributed by atoms with Gasteiger partial charge in [0.1, 0.15) is 0 Å². The molecular weight excluding hydrogens is 244 g/mol. The molecule has 19 heavy (non-hydrogen) atoms. The van der Waals surface area contributed by atoms with Crippen LogP contribution in [-0.4, -0.2) is 59.7 Å². The van der Waals surface area contributed by atoms with E-state index < -0.39 is 0 Å². The summed E-state index contributed by atoms with van der Waals surface area (Å²) in [6.45, 7) is 8.06. The van der Waals surface area contributed by atoms with Gasteiger partial charge in [0.25, 0.3) is 0 Å². The lowest BCUT2D eigenvalue weighted by atomic mass is 10.3. The van der Waals surface area contributed by atoms with E-state index in [1.54, 1.807) is 0 Å². The van der Waals surface area contributed by atoms with Crippen molar-refractivity contribution in [3.63, 3.8) is 0 Å². The molecule has 1 aromatic rings. The van der Waals surface area contributed by atoms with Crippen molar-refractivity contribution >= 4 is 11.9 Å². The Morgan fingerprint density at radius 3 is 2.26 bits per heavy atom. The van der Waals surface area contributed by atoms with Gasteiger partial charge in [-0.15, -0.1) is 0 Å². The maximum absolute atomic E-state index is 5.34. The topological polar surface area (TPSA) is 75.2 Å². The number of ether oxygens (including phenoxy) is 1. The van der Waals surface area contributed by atoms with Gasteiger partial charge in [-0.2, -0.15) is 15.0 Å². The van der Waals surface area contributed by atoms with E-state index in [1.807, 2.05) is 27.9 Å². The molecule has 1 aromatic heterocycles. The minimum Gasteiger partial charge on any atom is -0.464 e. The molecular formula is C12H24N6O. The lowest BCUT2D eigenvalue weighted by molar-refractivity contribution is 0.311. The van der Waals surface area contributed by atoms with Crippen LogP contribution in [0.2, 0.25) is 0 Å². The van der Waals surface area contributed by atoms with Crippen LogP contribution in [0.25, 0.3) is 0 Å². The Bertz CT molecular complexity index is 360. The van der Waals surface area contributed by atoms with Gasteiger partial charge < -0.3 is 20.3 Å². The second-order valence-electron chi connectivity index (χ2n) is 4.42. The molecule has 0 aliphatic carbocycles. The largest absolute Gasteiger partial charge is 0.464 e. The van der Waals surface area contributed by atoms with Gasteiger partial charge in [-0.25, -0.2) is 0 Å². The molecule has 1 atom stereocenters. The van der Waals surface area contributed by atoms with Gasteiger partial charge in [0.05, 0.1) is 6.61 Å². The van der Waals surface area contributed by atoms with E-state index in [2.05, 4.69) is 37.4 Å². The number of nitrogens with zero attached hydrogens (tertiary/aromatic N) is 4. The van der Waals surface area contributed by atoms with Crippen LogP contribution in [0.15, 0.2) is 0 Å². The summed E-state index contributed by atoms with van der Waals surface area (Å²) in [5, 5.41) is 6.26. The molecule has 1 heterocycles. The SMILES string of the molecule is CCNc1nc(NCC(C)N(C)C)nc(OCC)n1. The number of likely N-dealkylation sites (N-methyl/N-ethyl adjacent to an activating group) is 1. The van der Waals surface area contributed by atoms with Crippen molar-refractivity contribution in [2.24, 2.45) is 0 Å². The number of hydrogen-bond acceptors (Lipinski definition) is 7. The maximum atomic E-state index is 5.34. The molecule has 0 amide bonds. The molecule has 7 nitrogen and oxygen atoms in total. The lowest BCUT2D eigenvalue weighted by Gasteiger charge is -2.20. The van der Waals surface area contributed by atoms with Crippen LogP contribution in [0, 0.1) is 0 Å². The molecule has 0 saturated carbocycles. The molecule has 0 radical (unpaired) electrons. The van der Waals surface area contributed by atoms with Gasteiger partial charge in [-0.3, -0.25) is 0 Å². The van der Waals surface area contributed by atoms with Gasteiger partial charge in [0, 0.05) is 19.1 Å². The molecule has 0 spiro atoms. The highest BCUT2D eigenvalue weighted by Crippen LogP contribution is 2.11. The second-order valence-corrected chi connectivity index (χ2v) is 4.42. The third-order valence-electron chi connectivity index (χ3n) is 2.66. The summed E-state index contributed by atoms with van der Waals surface area (Å²) >= 11 is 0. The lowest BCUT2D eigenvalue weighted by Crippen LogP contribution is -2.32. The number of anilines is 2. The first kappa shape index (κ1) is 15.4. The average Bonchev–Trinajstić information content (AvgIpc) is 2.36. The zero-order chi connectivity index (χ0) is 14.3. The summed E-state index contributed by atoms with van der Waals surface area (Å²) in [4.78, 5) is 14.8. The predicted molar refractivity (Wildman–Crippen MR) is 76.8 cm³/mol. The molecule has 1 unspecified atom stereocenters. The average molecular weight is 268 g/mol. The van der Waals surface area contributed by atoms with E-state index in [0.717, 1.165) is 13.1 Å². The van der Waals surface area contributed by atoms with Crippen molar-refractivity contribution < 1.29 is 4.74 Å². The highest BCUT2D eigenvalue weighted by atomic mass is 16.5. The van der Waals surface area contributed by atoms with Crippen molar-refractivity contribution in [2.45, 2.75) is 26.8 Å². The van der Waals surface area contributed by atoms with Gasteiger partial charge in [0.15, 0.2) is 0 Å². The van der Waals surface area contributed by atoms with Crippen LogP contribution in [0.1, 0.15) is 20.8 Å². The molecule has 0 aliphatic heterocycles. The highest BCUT2D eigenvalue weighted by Gasteiger charge is 2.09. The summed E-state index contributed by atoms with van der Waals surface area (Å²) in [5.74, 6) is 1.06. The number of nitrogens with one attached hydrogen (secondary N) is 2. The Hall–Kier alpha value is -1.63. The molecule has 2 N–H and O–H groups in total. The van der Waals surface area contributed by atoms with Crippen LogP contribution in [-0.2, 0) is 0 Å². The Kier molecular flexibility index (Phi) is 6.27. The van der Waals surface area contributed by atoms with E-state index in [1.165, 1.54) is 0 Å². The predicted octanol–water partition coefficient (Wildman–Crippen LogP) is 1.06. The fourth-order valence-electron chi connectivity index (χ4n) is 1.29. The van der Waals surface area contributed by atoms with Crippen LogP contribution >= 0.6 is 0 Å². The van der Waals surface area contributed by atoms with E-state index >= 15 is 0 Å². The van der Waals surface area contributed by atoms with Crippen molar-refractivity contribution in [1.29, 1.82) is 0 Å². The summed E-state index contributed by atoms with van der Waals surface area (Å²) in [7, 11) is 4.07. The van der Waals surface area contributed by atoms with Gasteiger partial charge >= 0.3 is 6.01 Å². The highest BCUT2D eigenvalue weighted by molar-refractivity contribution is 5.35. The molecule has 0 saturated heterocycles. The molecule has 7 heteroatoms. The van der Waals surface area contributed by atoms with Crippen LogP contribution in [0.3, 0.4) is 0 Å². The van der Waals surface area contributed by atoms with Crippen LogP contribution in [0.5, 0.6) is 6.01 Å². The Morgan fingerprint density at radius 1 is 1.11 bits per heavy atom. The molecule has 0 aromatic carbocycles. The fourth-order valence-corrected chi connectivity index (χ4v) is 1.29. The zero-order valence-corrected chi connectivity index (χ0v) is 12.4. The Morgan fingerprint density at radius 2 is 1.74 bits per heavy atom. The van der Waals surface area contributed by atoms with Gasteiger partial charge in [-0.05, 0) is 34.9 Å². The summed E-state index contributed by atoms with van der Waals surface area (Å²) in [5.41, 5.74) is 0. The summed E-state index contributed by atoms with van der Waals surface area (Å²) in [6, 6.07) is 0.725. The molecule has 108 valence electrons. The van der Waals surface area contributed by atoms with Gasteiger partial charge in [-0.1, -0.05) is 0 Å². The minimum absolute atomic E-state index is 0.341. The number of rotatable bonds is 8. The van der Waals surface area contributed by atoms with Crippen molar-refractivity contribution in [1.82, 2.24) is 19.9 Å². The Balaban J connectivity index is 2.74. The zero-order valence-electron chi connectivity index (χ0n) is 12.4. The molecule has 0 bridgehead atoms. The summed E-state index contributed by atoms with van der Waals surface area (Å²) < 4.78 is 5.34. The van der Waals surface area contributed by atoms with E-state index in [9.17, 15) is 0 Å². The smallest absolute Gasteiger partial charge is 0.323 e. The third kappa shape index (κ3) is 5.25. The fraction of sp³-hybridized carbons (Fsp3) is 0.750. The standard InChI is InChI=1S/C12H24N6O/c1-6-13-10-15-11(14-8-9(3)18(4)5)17-12(16-10)19-7-2/h9H,6-8H2,1-5H3,(H2,13,14,15,16,17). The third-order valence-corrected chi connectivity index (χ3v) is 2.66. The van der Waals surface area contributed by atoms with E-state index in [0.29, 0.717) is 30.6 Å². The summed E-state index contributed by atoms with van der Waals surface area (Å²) in [6.07, 6.45) is 0. The van der Waals surface area contributed by atoms with Crippen molar-refractivity contribution in [3.8, 4) is 6.01 Å². The first-order chi connectivity index (χ1) is 9.06. The number of aromatic nitrogens is 3. The normalized spacial score (nSPS) is 12.3. The van der Waals surface area contributed by atoms with E-state index in [-0.39, 0.29) is 0 Å². The van der Waals surface area contributed by atoms with Crippen molar-refractivity contribution in [2.75, 3.05) is 44.4 Å². The minimum atomic E-state index is 0.341. The van der Waals surface area contributed by atoms with Crippen LogP contribution in [0.4, 0.5) is 11.9 Å². The first-order valence-corrected chi connectivity index (χ1v) is 6.59. The second kappa shape index (κ2) is 7.73. The van der Waals surface area contributed by atoms with Crippen molar-refractivity contribution in [3.05, 3.63) is 0 Å². The number of hydrogen-bond donors (Lipinski definition) is 2. The molecule has 1 rings (SSSR count). The van der Waals surface area contributed by atoms with Crippen LogP contribution < -0.4 is 15.4 Å². The first-order valence-electron chi connectivity index (χ1n) is 6.59. The quantitative estimate of drug-likeness (QED) is 0.730.